The van der Waals surface area contributed by atoms with Crippen molar-refractivity contribution in [2.75, 3.05) is 19.5 Å². The van der Waals surface area contributed by atoms with Gasteiger partial charge in [0, 0.05) is 11.1 Å². The van der Waals surface area contributed by atoms with Crippen molar-refractivity contribution in [3.05, 3.63) is 23.5 Å². The normalized spacial score (nSPS) is 11.3. The van der Waals surface area contributed by atoms with Crippen LogP contribution in [0.15, 0.2) is 17.2 Å². The molecule has 0 fully saturated rings. The lowest BCUT2D eigenvalue weighted by atomic mass is 10.0. The van der Waals surface area contributed by atoms with Gasteiger partial charge in [-0.2, -0.15) is 5.26 Å². The highest BCUT2D eigenvalue weighted by molar-refractivity contribution is 7.99. The van der Waals surface area contributed by atoms with Crippen LogP contribution in [0.4, 0.5) is 0 Å². The molecule has 0 aromatic carbocycles. The number of carbonyl (C=O) groups is 2. The third-order valence-corrected chi connectivity index (χ3v) is 3.45. The quantitative estimate of drug-likeness (QED) is 0.587. The number of pyridine rings is 1. The minimum absolute atomic E-state index is 0.175. The van der Waals surface area contributed by atoms with Crippen LogP contribution in [0.5, 0.6) is 0 Å². The Bertz CT molecular complexity index is 569. The van der Waals surface area contributed by atoms with Gasteiger partial charge in [-0.05, 0) is 24.3 Å². The maximum absolute atomic E-state index is 11.7. The number of ether oxygens (including phenoxy) is 2. The third kappa shape index (κ3) is 4.20. The average Bonchev–Trinajstić information content (AvgIpc) is 2.48. The molecule has 1 rings (SSSR count). The fraction of sp³-hybridized carbons (Fsp3) is 0.429. The van der Waals surface area contributed by atoms with Gasteiger partial charge in [-0.25, -0.2) is 9.78 Å². The molecule has 1 heterocycles. The number of nitrogens with zero attached hydrogens (tertiary/aromatic N) is 2. The van der Waals surface area contributed by atoms with Crippen molar-refractivity contribution in [3.8, 4) is 6.07 Å². The maximum Gasteiger partial charge on any atom is 0.357 e. The van der Waals surface area contributed by atoms with Gasteiger partial charge in [0.1, 0.15) is 0 Å². The van der Waals surface area contributed by atoms with E-state index in [9.17, 15) is 9.59 Å². The Morgan fingerprint density at radius 3 is 2.71 bits per heavy atom. The van der Waals surface area contributed by atoms with Crippen molar-refractivity contribution in [1.29, 1.82) is 5.26 Å². The number of thioether (sulfide) groups is 1. The lowest BCUT2D eigenvalue weighted by molar-refractivity contribution is -0.143. The zero-order valence-corrected chi connectivity index (χ0v) is 12.9. The second-order valence-corrected chi connectivity index (χ2v) is 5.16. The van der Waals surface area contributed by atoms with Gasteiger partial charge < -0.3 is 9.47 Å². The van der Waals surface area contributed by atoms with Crippen LogP contribution >= 0.6 is 11.8 Å². The number of hydrogen-bond donors (Lipinski definition) is 0. The first-order valence-electron chi connectivity index (χ1n) is 6.36. The summed E-state index contributed by atoms with van der Waals surface area (Å²) in [5.41, 5.74) is 0.577. The molecule has 0 spiro atoms. The summed E-state index contributed by atoms with van der Waals surface area (Å²) < 4.78 is 9.52. The summed E-state index contributed by atoms with van der Waals surface area (Å²) in [5.74, 6) is -1.52. The smallest absolute Gasteiger partial charge is 0.357 e. The number of methoxy groups -OCH3 is 1. The van der Waals surface area contributed by atoms with Crippen LogP contribution in [0, 0.1) is 11.3 Å². The van der Waals surface area contributed by atoms with E-state index in [0.29, 0.717) is 16.2 Å². The summed E-state index contributed by atoms with van der Waals surface area (Å²) in [4.78, 5) is 28.0. The largest absolute Gasteiger partial charge is 0.465 e. The molecular formula is C14H16N2O4S. The summed E-state index contributed by atoms with van der Waals surface area (Å²) in [5, 5.41) is 9.14. The van der Waals surface area contributed by atoms with Crippen LogP contribution in [0.2, 0.25) is 0 Å². The molecule has 21 heavy (non-hydrogen) atoms. The first-order chi connectivity index (χ1) is 10.1. The summed E-state index contributed by atoms with van der Waals surface area (Å²) >= 11 is 1.39. The minimum Gasteiger partial charge on any atom is -0.465 e. The van der Waals surface area contributed by atoms with Crippen LogP contribution in [-0.4, -0.2) is 36.4 Å². The van der Waals surface area contributed by atoms with E-state index in [1.54, 1.807) is 13.0 Å². The van der Waals surface area contributed by atoms with Crippen LogP contribution in [0.25, 0.3) is 0 Å². The van der Waals surface area contributed by atoms with E-state index in [1.165, 1.54) is 25.1 Å². The molecule has 0 bridgehead atoms. The number of aromatic nitrogens is 1. The van der Waals surface area contributed by atoms with Crippen molar-refractivity contribution in [2.24, 2.45) is 0 Å². The fourth-order valence-corrected chi connectivity index (χ4v) is 2.43. The molecular weight excluding hydrogens is 292 g/mol. The van der Waals surface area contributed by atoms with E-state index in [4.69, 9.17) is 10.00 Å². The Kier molecular flexibility index (Phi) is 6.69. The van der Waals surface area contributed by atoms with Gasteiger partial charge in [0.25, 0.3) is 0 Å². The lowest BCUT2D eigenvalue weighted by Crippen LogP contribution is -2.16. The number of esters is 2. The molecule has 1 unspecified atom stereocenters. The van der Waals surface area contributed by atoms with E-state index in [1.807, 2.05) is 13.0 Å². The Hall–Kier alpha value is -2.07. The highest BCUT2D eigenvalue weighted by Crippen LogP contribution is 2.26. The van der Waals surface area contributed by atoms with E-state index in [2.05, 4.69) is 9.72 Å². The first-order valence-corrected chi connectivity index (χ1v) is 7.34. The van der Waals surface area contributed by atoms with Crippen LogP contribution in [-0.2, 0) is 14.3 Å². The SMILES string of the molecule is CCOC(=O)C(C#N)c1cnc(C(=O)OC)c(SCC)c1. The Morgan fingerprint density at radius 2 is 2.19 bits per heavy atom. The Balaban J connectivity index is 3.20. The van der Waals surface area contributed by atoms with Gasteiger partial charge in [-0.15, -0.1) is 11.8 Å². The maximum atomic E-state index is 11.7. The molecule has 1 atom stereocenters. The molecule has 6 nitrogen and oxygen atoms in total. The summed E-state index contributed by atoms with van der Waals surface area (Å²) in [7, 11) is 1.27. The first kappa shape index (κ1) is 17.0. The zero-order valence-electron chi connectivity index (χ0n) is 12.1. The molecule has 0 N–H and O–H groups in total. The molecule has 0 aliphatic rings. The van der Waals surface area contributed by atoms with Gasteiger partial charge >= 0.3 is 11.9 Å². The molecule has 0 aliphatic heterocycles. The standard InChI is InChI=1S/C14H16N2O4S/c1-4-20-13(17)10(7-15)9-6-11(21-5-2)12(16-8-9)14(18)19-3/h6,8,10H,4-5H2,1-3H3. The lowest BCUT2D eigenvalue weighted by Gasteiger charge is -2.11. The predicted octanol–water partition coefficient (Wildman–Crippen LogP) is 2.15. The zero-order chi connectivity index (χ0) is 15.8. The number of nitriles is 1. The van der Waals surface area contributed by atoms with Gasteiger partial charge in [0.2, 0.25) is 0 Å². The minimum atomic E-state index is -1.06. The highest BCUT2D eigenvalue weighted by Gasteiger charge is 2.24. The van der Waals surface area contributed by atoms with Crippen LogP contribution in [0.1, 0.15) is 35.8 Å². The monoisotopic (exact) mass is 308 g/mol. The molecule has 1 aromatic rings. The topological polar surface area (TPSA) is 89.3 Å². The molecule has 0 radical (unpaired) electrons. The van der Waals surface area contributed by atoms with Gasteiger partial charge in [0.15, 0.2) is 11.6 Å². The van der Waals surface area contributed by atoms with E-state index >= 15 is 0 Å². The number of carbonyl (C=O) groups excluding carboxylic acids is 2. The summed E-state index contributed by atoms with van der Waals surface area (Å²) in [6.45, 7) is 3.79. The summed E-state index contributed by atoms with van der Waals surface area (Å²) in [6.07, 6.45) is 1.33. The van der Waals surface area contributed by atoms with Crippen molar-refractivity contribution >= 4 is 23.7 Å². The molecule has 0 aliphatic carbocycles. The van der Waals surface area contributed by atoms with E-state index in [-0.39, 0.29) is 12.3 Å². The van der Waals surface area contributed by atoms with E-state index < -0.39 is 17.9 Å². The van der Waals surface area contributed by atoms with Gasteiger partial charge in [0.05, 0.1) is 19.8 Å². The third-order valence-electron chi connectivity index (χ3n) is 2.54. The Labute approximate surface area is 127 Å². The van der Waals surface area contributed by atoms with Crippen LogP contribution in [0.3, 0.4) is 0 Å². The second kappa shape index (κ2) is 8.27. The molecule has 7 heteroatoms. The van der Waals surface area contributed by atoms with Crippen molar-refractivity contribution in [3.63, 3.8) is 0 Å². The fourth-order valence-electron chi connectivity index (χ4n) is 1.62. The predicted molar refractivity (Wildman–Crippen MR) is 77.0 cm³/mol. The highest BCUT2D eigenvalue weighted by atomic mass is 32.2. The van der Waals surface area contributed by atoms with Crippen molar-refractivity contribution in [1.82, 2.24) is 4.98 Å². The number of hydrogen-bond acceptors (Lipinski definition) is 7. The van der Waals surface area contributed by atoms with Crippen molar-refractivity contribution < 1.29 is 19.1 Å². The molecule has 0 amide bonds. The second-order valence-electron chi connectivity index (χ2n) is 3.85. The molecule has 0 saturated carbocycles. The van der Waals surface area contributed by atoms with E-state index in [0.717, 1.165) is 0 Å². The van der Waals surface area contributed by atoms with Crippen LogP contribution < -0.4 is 0 Å². The van der Waals surface area contributed by atoms with Gasteiger partial charge in [-0.3, -0.25) is 4.79 Å². The van der Waals surface area contributed by atoms with Gasteiger partial charge in [-0.1, -0.05) is 6.92 Å². The number of rotatable bonds is 6. The summed E-state index contributed by atoms with van der Waals surface area (Å²) in [6, 6.07) is 3.50. The molecule has 0 saturated heterocycles. The Morgan fingerprint density at radius 1 is 1.48 bits per heavy atom. The molecule has 1 aromatic heterocycles. The molecule has 112 valence electrons. The average molecular weight is 308 g/mol. The van der Waals surface area contributed by atoms with Crippen molar-refractivity contribution in [2.45, 2.75) is 24.7 Å².